The van der Waals surface area contributed by atoms with E-state index in [1.807, 2.05) is 30.3 Å². The summed E-state index contributed by atoms with van der Waals surface area (Å²) in [5.74, 6) is 0.142. The van der Waals surface area contributed by atoms with Crippen molar-refractivity contribution in [2.75, 3.05) is 25.0 Å². The summed E-state index contributed by atoms with van der Waals surface area (Å²) in [6.45, 7) is 2.10. The van der Waals surface area contributed by atoms with Crippen molar-refractivity contribution in [2.45, 2.75) is 25.9 Å². The molecule has 30 heavy (non-hydrogen) atoms. The van der Waals surface area contributed by atoms with Gasteiger partial charge >= 0.3 is 6.09 Å². The fourth-order valence-electron chi connectivity index (χ4n) is 3.84. The minimum Gasteiger partial charge on any atom is -0.445 e. The van der Waals surface area contributed by atoms with Crippen molar-refractivity contribution in [3.8, 4) is 0 Å². The molecule has 156 valence electrons. The van der Waals surface area contributed by atoms with Gasteiger partial charge in [0.05, 0.1) is 6.42 Å². The van der Waals surface area contributed by atoms with Crippen LogP contribution < -0.4 is 10.6 Å². The molecule has 0 saturated carbocycles. The highest BCUT2D eigenvalue weighted by Gasteiger charge is 2.24. The van der Waals surface area contributed by atoms with E-state index in [1.54, 1.807) is 23.1 Å². The molecule has 0 aromatic heterocycles. The molecule has 2 aromatic rings. The van der Waals surface area contributed by atoms with E-state index < -0.39 is 0 Å². The Labute approximate surface area is 175 Å². The minimum absolute atomic E-state index is 0.0448. The molecule has 0 atom stereocenters. The van der Waals surface area contributed by atoms with Crippen molar-refractivity contribution in [1.29, 1.82) is 0 Å². The monoisotopic (exact) mass is 407 g/mol. The van der Waals surface area contributed by atoms with Crippen LogP contribution in [-0.4, -0.2) is 42.4 Å². The van der Waals surface area contributed by atoms with Gasteiger partial charge in [0, 0.05) is 30.9 Å². The van der Waals surface area contributed by atoms with E-state index in [1.165, 1.54) is 0 Å². The number of nitrogens with one attached hydrogen (secondary N) is 2. The van der Waals surface area contributed by atoms with Crippen LogP contribution in [-0.2, 0) is 22.6 Å². The topological polar surface area (TPSA) is 87.7 Å². The summed E-state index contributed by atoms with van der Waals surface area (Å²) >= 11 is 0. The number of amides is 3. The SMILES string of the molecule is O=C1Cc2cc(C(=O)NCC3CCN(C(=O)OCc4ccccc4)CC3)ccc2N1. The van der Waals surface area contributed by atoms with Gasteiger partial charge in [0.15, 0.2) is 0 Å². The largest absolute Gasteiger partial charge is 0.445 e. The summed E-state index contributed by atoms with van der Waals surface area (Å²) in [6, 6.07) is 14.9. The molecule has 2 aromatic carbocycles. The third-order valence-electron chi connectivity index (χ3n) is 5.62. The van der Waals surface area contributed by atoms with E-state index >= 15 is 0 Å². The maximum Gasteiger partial charge on any atom is 0.410 e. The molecule has 2 aliphatic rings. The van der Waals surface area contributed by atoms with Crippen molar-refractivity contribution in [2.24, 2.45) is 5.92 Å². The van der Waals surface area contributed by atoms with Gasteiger partial charge in [0.2, 0.25) is 5.91 Å². The van der Waals surface area contributed by atoms with Crippen molar-refractivity contribution < 1.29 is 19.1 Å². The molecule has 0 aliphatic carbocycles. The van der Waals surface area contributed by atoms with E-state index in [0.717, 1.165) is 29.7 Å². The van der Waals surface area contributed by atoms with E-state index in [2.05, 4.69) is 10.6 Å². The second-order valence-corrected chi connectivity index (χ2v) is 7.78. The number of fused-ring (bicyclic) bond motifs is 1. The highest BCUT2D eigenvalue weighted by molar-refractivity contribution is 6.01. The lowest BCUT2D eigenvalue weighted by atomic mass is 9.97. The Kier molecular flexibility index (Phi) is 5.97. The van der Waals surface area contributed by atoms with Crippen molar-refractivity contribution >= 4 is 23.6 Å². The Morgan fingerprint density at radius 2 is 1.87 bits per heavy atom. The minimum atomic E-state index is -0.289. The van der Waals surface area contributed by atoms with Crippen LogP contribution >= 0.6 is 0 Å². The number of carbonyl (C=O) groups excluding carboxylic acids is 3. The number of ether oxygens (including phenoxy) is 1. The molecule has 2 N–H and O–H groups in total. The quantitative estimate of drug-likeness (QED) is 0.798. The predicted molar refractivity (Wildman–Crippen MR) is 112 cm³/mol. The maximum absolute atomic E-state index is 12.5. The molecule has 7 nitrogen and oxygen atoms in total. The summed E-state index contributed by atoms with van der Waals surface area (Å²) < 4.78 is 5.39. The molecule has 0 radical (unpaired) electrons. The standard InChI is InChI=1S/C23H25N3O4/c27-21-13-19-12-18(6-7-20(19)25-21)22(28)24-14-16-8-10-26(11-9-16)23(29)30-15-17-4-2-1-3-5-17/h1-7,12,16H,8-11,13-15H2,(H,24,28)(H,25,27). The lowest BCUT2D eigenvalue weighted by Gasteiger charge is -2.31. The van der Waals surface area contributed by atoms with Crippen LogP contribution in [0.5, 0.6) is 0 Å². The number of hydrogen-bond acceptors (Lipinski definition) is 4. The zero-order valence-electron chi connectivity index (χ0n) is 16.7. The first-order valence-electron chi connectivity index (χ1n) is 10.2. The number of hydrogen-bond donors (Lipinski definition) is 2. The number of anilines is 1. The molecule has 1 saturated heterocycles. The van der Waals surface area contributed by atoms with E-state index in [9.17, 15) is 14.4 Å². The van der Waals surface area contributed by atoms with Crippen LogP contribution in [0.2, 0.25) is 0 Å². The van der Waals surface area contributed by atoms with E-state index in [4.69, 9.17) is 4.74 Å². The van der Waals surface area contributed by atoms with Crippen LogP contribution in [0.4, 0.5) is 10.5 Å². The zero-order valence-corrected chi connectivity index (χ0v) is 16.7. The van der Waals surface area contributed by atoms with E-state index in [-0.39, 0.29) is 24.5 Å². The highest BCUT2D eigenvalue weighted by Crippen LogP contribution is 2.24. The maximum atomic E-state index is 12.5. The van der Waals surface area contributed by atoms with Gasteiger partial charge in [-0.15, -0.1) is 0 Å². The van der Waals surface area contributed by atoms with Gasteiger partial charge in [0.25, 0.3) is 5.91 Å². The van der Waals surface area contributed by atoms with Crippen LogP contribution in [0.15, 0.2) is 48.5 Å². The number of likely N-dealkylation sites (tertiary alicyclic amines) is 1. The normalized spacial score (nSPS) is 16.0. The Morgan fingerprint density at radius 1 is 1.10 bits per heavy atom. The predicted octanol–water partition coefficient (Wildman–Crippen LogP) is 2.96. The third kappa shape index (κ3) is 4.79. The third-order valence-corrected chi connectivity index (χ3v) is 5.62. The molecule has 0 spiro atoms. The molecule has 1 fully saturated rings. The summed E-state index contributed by atoms with van der Waals surface area (Å²) in [6.07, 6.45) is 1.67. The van der Waals surface area contributed by atoms with Crippen LogP contribution in [0.25, 0.3) is 0 Å². The van der Waals surface area contributed by atoms with Crippen LogP contribution in [0.1, 0.15) is 34.3 Å². The number of nitrogens with zero attached hydrogens (tertiary/aromatic N) is 1. The average Bonchev–Trinajstić information content (AvgIpc) is 3.16. The molecule has 3 amide bonds. The summed E-state index contributed by atoms with van der Waals surface area (Å²) in [5.41, 5.74) is 3.17. The molecule has 2 heterocycles. The number of benzene rings is 2. The molecule has 4 rings (SSSR count). The first kappa shape index (κ1) is 19.9. The lowest BCUT2D eigenvalue weighted by molar-refractivity contribution is -0.115. The molecular weight excluding hydrogens is 382 g/mol. The Balaban J connectivity index is 1.19. The highest BCUT2D eigenvalue weighted by atomic mass is 16.6. The Bertz CT molecular complexity index is 937. The summed E-state index contributed by atoms with van der Waals surface area (Å²) in [7, 11) is 0. The molecule has 2 aliphatic heterocycles. The van der Waals surface area contributed by atoms with Gasteiger partial charge in [-0.2, -0.15) is 0 Å². The van der Waals surface area contributed by atoms with Crippen molar-refractivity contribution in [3.05, 3.63) is 65.2 Å². The zero-order chi connectivity index (χ0) is 20.9. The lowest BCUT2D eigenvalue weighted by Crippen LogP contribution is -2.41. The molecule has 0 unspecified atom stereocenters. The van der Waals surface area contributed by atoms with Crippen LogP contribution in [0, 0.1) is 5.92 Å². The number of rotatable bonds is 5. The first-order valence-corrected chi connectivity index (χ1v) is 10.2. The summed E-state index contributed by atoms with van der Waals surface area (Å²) in [4.78, 5) is 37.9. The smallest absolute Gasteiger partial charge is 0.410 e. The van der Waals surface area contributed by atoms with Crippen LogP contribution in [0.3, 0.4) is 0 Å². The van der Waals surface area contributed by atoms with Crippen molar-refractivity contribution in [3.63, 3.8) is 0 Å². The summed E-state index contributed by atoms with van der Waals surface area (Å²) in [5, 5.41) is 5.75. The Hall–Kier alpha value is -3.35. The van der Waals surface area contributed by atoms with Gasteiger partial charge in [-0.1, -0.05) is 30.3 Å². The average molecular weight is 407 g/mol. The number of piperidine rings is 1. The molecule has 0 bridgehead atoms. The second kappa shape index (κ2) is 8.98. The van der Waals surface area contributed by atoms with E-state index in [0.29, 0.717) is 37.5 Å². The molecular formula is C23H25N3O4. The molecule has 7 heteroatoms. The van der Waals surface area contributed by atoms with Gasteiger partial charge in [-0.25, -0.2) is 4.79 Å². The van der Waals surface area contributed by atoms with Crippen molar-refractivity contribution in [1.82, 2.24) is 10.2 Å². The number of carbonyl (C=O) groups is 3. The first-order chi connectivity index (χ1) is 14.6. The fourth-order valence-corrected chi connectivity index (χ4v) is 3.84. The second-order valence-electron chi connectivity index (χ2n) is 7.78. The van der Waals surface area contributed by atoms with Gasteiger partial charge in [-0.05, 0) is 48.1 Å². The van der Waals surface area contributed by atoms with Gasteiger partial charge in [-0.3, -0.25) is 9.59 Å². The van der Waals surface area contributed by atoms with Gasteiger partial charge < -0.3 is 20.3 Å². The Morgan fingerprint density at radius 3 is 2.63 bits per heavy atom. The van der Waals surface area contributed by atoms with Gasteiger partial charge in [0.1, 0.15) is 6.61 Å². The fraction of sp³-hybridized carbons (Fsp3) is 0.348.